The van der Waals surface area contributed by atoms with Gasteiger partial charge < -0.3 is 14.3 Å². The Labute approximate surface area is 225 Å². The third-order valence-corrected chi connectivity index (χ3v) is 7.60. The molecular formula is C36H24N2O. The van der Waals surface area contributed by atoms with E-state index in [1.165, 1.54) is 16.3 Å². The minimum Gasteiger partial charge on any atom is -0.456 e. The molecule has 3 nitrogen and oxygen atoms in total. The van der Waals surface area contributed by atoms with E-state index in [4.69, 9.17) is 4.42 Å². The van der Waals surface area contributed by atoms with E-state index < -0.39 is 0 Å². The van der Waals surface area contributed by atoms with Crippen molar-refractivity contribution in [2.45, 2.75) is 0 Å². The van der Waals surface area contributed by atoms with Crippen molar-refractivity contribution >= 4 is 60.8 Å². The normalized spacial score (nSPS) is 11.6. The molecule has 184 valence electrons. The summed E-state index contributed by atoms with van der Waals surface area (Å²) in [5.74, 6) is 0. The molecule has 8 rings (SSSR count). The van der Waals surface area contributed by atoms with Gasteiger partial charge in [-0.3, -0.25) is 0 Å². The highest BCUT2D eigenvalue weighted by Crippen LogP contribution is 2.40. The van der Waals surface area contributed by atoms with E-state index in [-0.39, 0.29) is 0 Å². The Morgan fingerprint density at radius 3 is 1.87 bits per heavy atom. The van der Waals surface area contributed by atoms with Crippen LogP contribution in [-0.2, 0) is 0 Å². The molecule has 0 fully saturated rings. The van der Waals surface area contributed by atoms with Crippen LogP contribution in [0.3, 0.4) is 0 Å². The number of para-hydroxylation sites is 4. The van der Waals surface area contributed by atoms with Gasteiger partial charge in [-0.1, -0.05) is 78.9 Å². The van der Waals surface area contributed by atoms with Crippen molar-refractivity contribution in [3.63, 3.8) is 0 Å². The topological polar surface area (TPSA) is 32.2 Å². The maximum Gasteiger partial charge on any atom is 0.137 e. The Balaban J connectivity index is 1.27. The quantitative estimate of drug-likeness (QED) is 0.261. The summed E-state index contributed by atoms with van der Waals surface area (Å²) < 4.78 is 6.51. The molecule has 3 heteroatoms. The van der Waals surface area contributed by atoms with Crippen LogP contribution in [0.25, 0.3) is 54.9 Å². The number of nitrogens with one attached hydrogen (secondary N) is 1. The van der Waals surface area contributed by atoms with Gasteiger partial charge in [-0.2, -0.15) is 0 Å². The standard InChI is InChI=1S/C36H24N2O/c1-3-10-25(11-4-1)38(26-12-5-2-6-13-26)27-19-21-31-30-20-18-24(22-34(30)39-35(31)23-27)28-15-9-16-32-29-14-7-8-17-33(29)37-36(28)32/h1-23,37H. The molecule has 0 saturated carbocycles. The largest absolute Gasteiger partial charge is 0.456 e. The van der Waals surface area contributed by atoms with E-state index in [9.17, 15) is 0 Å². The molecule has 1 N–H and O–H groups in total. The molecule has 0 aliphatic rings. The molecule has 0 unspecified atom stereocenters. The fraction of sp³-hybridized carbons (Fsp3) is 0. The first-order valence-electron chi connectivity index (χ1n) is 13.2. The number of hydrogen-bond acceptors (Lipinski definition) is 2. The molecule has 0 radical (unpaired) electrons. The number of benzene rings is 6. The Bertz CT molecular complexity index is 2080. The van der Waals surface area contributed by atoms with Crippen LogP contribution in [0.1, 0.15) is 0 Å². The number of anilines is 3. The molecule has 0 atom stereocenters. The van der Waals surface area contributed by atoms with Gasteiger partial charge >= 0.3 is 0 Å². The Hall–Kier alpha value is -5.28. The summed E-state index contributed by atoms with van der Waals surface area (Å²) >= 11 is 0. The van der Waals surface area contributed by atoms with Gasteiger partial charge in [-0.15, -0.1) is 0 Å². The molecule has 8 aromatic rings. The van der Waals surface area contributed by atoms with Crippen LogP contribution in [0.5, 0.6) is 0 Å². The van der Waals surface area contributed by atoms with Crippen LogP contribution in [-0.4, -0.2) is 4.98 Å². The highest BCUT2D eigenvalue weighted by Gasteiger charge is 2.16. The number of fused-ring (bicyclic) bond motifs is 6. The third-order valence-electron chi connectivity index (χ3n) is 7.60. The first-order valence-corrected chi connectivity index (χ1v) is 13.2. The monoisotopic (exact) mass is 500 g/mol. The average molecular weight is 501 g/mol. The molecule has 2 heterocycles. The predicted molar refractivity (Wildman–Crippen MR) is 163 cm³/mol. The van der Waals surface area contributed by atoms with Crippen LogP contribution in [0.15, 0.2) is 144 Å². The number of furan rings is 1. The molecule has 0 aliphatic carbocycles. The lowest BCUT2D eigenvalue weighted by molar-refractivity contribution is 0.669. The molecule has 39 heavy (non-hydrogen) atoms. The first kappa shape index (κ1) is 21.8. The second-order valence-corrected chi connectivity index (χ2v) is 9.90. The Kier molecular flexibility index (Phi) is 4.82. The van der Waals surface area contributed by atoms with E-state index >= 15 is 0 Å². The van der Waals surface area contributed by atoms with Gasteiger partial charge in [0.05, 0.1) is 5.52 Å². The molecular weight excluding hydrogens is 476 g/mol. The lowest BCUT2D eigenvalue weighted by Gasteiger charge is -2.25. The summed E-state index contributed by atoms with van der Waals surface area (Å²) in [5, 5.41) is 4.72. The zero-order valence-corrected chi connectivity index (χ0v) is 21.1. The fourth-order valence-corrected chi connectivity index (χ4v) is 5.79. The molecule has 2 aromatic heterocycles. The molecule has 0 aliphatic heterocycles. The summed E-state index contributed by atoms with van der Waals surface area (Å²) in [6.45, 7) is 0. The summed E-state index contributed by atoms with van der Waals surface area (Å²) in [4.78, 5) is 5.89. The number of nitrogens with zero attached hydrogens (tertiary/aromatic N) is 1. The van der Waals surface area contributed by atoms with Crippen LogP contribution >= 0.6 is 0 Å². The maximum absolute atomic E-state index is 6.51. The molecule has 0 bridgehead atoms. The maximum atomic E-state index is 6.51. The smallest absolute Gasteiger partial charge is 0.137 e. The zero-order chi connectivity index (χ0) is 25.8. The molecule has 6 aromatic carbocycles. The lowest BCUT2D eigenvalue weighted by atomic mass is 10.0. The lowest BCUT2D eigenvalue weighted by Crippen LogP contribution is -2.09. The van der Waals surface area contributed by atoms with Gasteiger partial charge in [0, 0.05) is 55.8 Å². The summed E-state index contributed by atoms with van der Waals surface area (Å²) in [6, 6.07) is 48.9. The summed E-state index contributed by atoms with van der Waals surface area (Å²) in [7, 11) is 0. The number of aromatic amines is 1. The van der Waals surface area contributed by atoms with Crippen LogP contribution in [0.2, 0.25) is 0 Å². The number of rotatable bonds is 4. The second kappa shape index (κ2) is 8.64. The van der Waals surface area contributed by atoms with Crippen molar-refractivity contribution < 1.29 is 4.42 Å². The van der Waals surface area contributed by atoms with E-state index in [2.05, 4.69) is 137 Å². The Morgan fingerprint density at radius 1 is 0.462 bits per heavy atom. The van der Waals surface area contributed by atoms with Crippen LogP contribution in [0.4, 0.5) is 17.1 Å². The molecule has 0 amide bonds. The van der Waals surface area contributed by atoms with E-state index in [1.54, 1.807) is 0 Å². The minimum atomic E-state index is 0.875. The zero-order valence-electron chi connectivity index (χ0n) is 21.1. The van der Waals surface area contributed by atoms with E-state index in [1.807, 2.05) is 12.1 Å². The van der Waals surface area contributed by atoms with Crippen molar-refractivity contribution in [3.8, 4) is 11.1 Å². The molecule has 0 saturated heterocycles. The number of hydrogen-bond donors (Lipinski definition) is 1. The minimum absolute atomic E-state index is 0.875. The van der Waals surface area contributed by atoms with Gasteiger partial charge in [-0.05, 0) is 60.2 Å². The highest BCUT2D eigenvalue weighted by atomic mass is 16.3. The van der Waals surface area contributed by atoms with E-state index in [0.29, 0.717) is 0 Å². The summed E-state index contributed by atoms with van der Waals surface area (Å²) in [5.41, 5.74) is 9.64. The van der Waals surface area contributed by atoms with Crippen molar-refractivity contribution in [2.75, 3.05) is 4.90 Å². The van der Waals surface area contributed by atoms with Crippen molar-refractivity contribution in [2.24, 2.45) is 0 Å². The van der Waals surface area contributed by atoms with Gasteiger partial charge in [0.25, 0.3) is 0 Å². The number of H-pyrrole nitrogens is 1. The third kappa shape index (κ3) is 3.52. The van der Waals surface area contributed by atoms with Gasteiger partial charge in [0.1, 0.15) is 11.2 Å². The molecule has 0 spiro atoms. The van der Waals surface area contributed by atoms with Gasteiger partial charge in [0.15, 0.2) is 0 Å². The first-order chi connectivity index (χ1) is 19.3. The SMILES string of the molecule is c1ccc(N(c2ccccc2)c2ccc3c(c2)oc2cc(-c4cccc5c4[nH]c4ccccc45)ccc23)cc1. The summed E-state index contributed by atoms with van der Waals surface area (Å²) in [6.07, 6.45) is 0. The van der Waals surface area contributed by atoms with Crippen molar-refractivity contribution in [1.82, 2.24) is 4.98 Å². The van der Waals surface area contributed by atoms with Crippen molar-refractivity contribution in [3.05, 3.63) is 140 Å². The van der Waals surface area contributed by atoms with Crippen LogP contribution < -0.4 is 4.90 Å². The fourth-order valence-electron chi connectivity index (χ4n) is 5.79. The van der Waals surface area contributed by atoms with Crippen molar-refractivity contribution in [1.29, 1.82) is 0 Å². The van der Waals surface area contributed by atoms with Gasteiger partial charge in [0.2, 0.25) is 0 Å². The average Bonchev–Trinajstić information content (AvgIpc) is 3.56. The van der Waals surface area contributed by atoms with Crippen LogP contribution in [0, 0.1) is 0 Å². The Morgan fingerprint density at radius 2 is 1.10 bits per heavy atom. The van der Waals surface area contributed by atoms with Gasteiger partial charge in [-0.25, -0.2) is 0 Å². The van der Waals surface area contributed by atoms with E-state index in [0.717, 1.165) is 55.6 Å². The second-order valence-electron chi connectivity index (χ2n) is 9.90. The number of aromatic nitrogens is 1. The highest BCUT2D eigenvalue weighted by molar-refractivity contribution is 6.13. The predicted octanol–water partition coefficient (Wildman–Crippen LogP) is 10.4.